The second-order valence-electron chi connectivity index (χ2n) is 3.10. The van der Waals surface area contributed by atoms with Crippen LogP contribution in [0.5, 0.6) is 0 Å². The number of halogens is 3. The van der Waals surface area contributed by atoms with E-state index in [1.54, 1.807) is 0 Å². The maximum absolute atomic E-state index is 12.4. The second-order valence-corrected chi connectivity index (χ2v) is 3.10. The Labute approximate surface area is 86.9 Å². The lowest BCUT2D eigenvalue weighted by atomic mass is 10.1. The molecule has 0 aliphatic heterocycles. The van der Waals surface area contributed by atoms with Crippen molar-refractivity contribution in [3.8, 4) is 0 Å². The number of rotatable bonds is 1. The van der Waals surface area contributed by atoms with Crippen LogP contribution in [0, 0.1) is 0 Å². The van der Waals surface area contributed by atoms with Crippen LogP contribution in [-0.4, -0.2) is 20.9 Å². The van der Waals surface area contributed by atoms with Crippen LogP contribution < -0.4 is 0 Å². The second kappa shape index (κ2) is 3.22. The van der Waals surface area contributed by atoms with E-state index in [9.17, 15) is 18.0 Å². The first-order valence-electron chi connectivity index (χ1n) is 4.18. The van der Waals surface area contributed by atoms with E-state index in [1.807, 2.05) is 0 Å². The number of aromatic carboxylic acids is 1. The molecule has 84 valence electrons. The summed E-state index contributed by atoms with van der Waals surface area (Å²) in [5.41, 5.74) is -0.244. The number of aromatic nitrogens is 2. The monoisotopic (exact) mass is 230 g/mol. The van der Waals surface area contributed by atoms with Crippen molar-refractivity contribution in [1.82, 2.24) is 9.78 Å². The summed E-state index contributed by atoms with van der Waals surface area (Å²) < 4.78 is 37.1. The fraction of sp³-hybridized carbons (Fsp3) is 0.111. The molecular formula is C9H5F3N2O2. The summed E-state index contributed by atoms with van der Waals surface area (Å²) in [4.78, 5) is 10.6. The SMILES string of the molecule is O=C(O)c1ccc2c(cnn2C(F)(F)F)c1. The number of hydrogen-bond acceptors (Lipinski definition) is 2. The Morgan fingerprint density at radius 2 is 2.06 bits per heavy atom. The van der Waals surface area contributed by atoms with Crippen LogP contribution in [0.15, 0.2) is 24.4 Å². The van der Waals surface area contributed by atoms with Gasteiger partial charge in [0.2, 0.25) is 0 Å². The van der Waals surface area contributed by atoms with Crippen molar-refractivity contribution in [2.75, 3.05) is 0 Å². The Balaban J connectivity index is 2.64. The van der Waals surface area contributed by atoms with Crippen molar-refractivity contribution in [3.63, 3.8) is 0 Å². The van der Waals surface area contributed by atoms with Gasteiger partial charge in [-0.1, -0.05) is 0 Å². The van der Waals surface area contributed by atoms with E-state index in [-0.39, 0.29) is 21.1 Å². The van der Waals surface area contributed by atoms with Gasteiger partial charge >= 0.3 is 12.3 Å². The Kier molecular flexibility index (Phi) is 2.11. The molecule has 0 unspecified atom stereocenters. The summed E-state index contributed by atoms with van der Waals surface area (Å²) in [6.45, 7) is 0. The number of carbonyl (C=O) groups is 1. The Bertz CT molecular complexity index is 559. The van der Waals surface area contributed by atoms with Crippen molar-refractivity contribution < 1.29 is 23.1 Å². The first-order valence-corrected chi connectivity index (χ1v) is 4.18. The van der Waals surface area contributed by atoms with Crippen molar-refractivity contribution >= 4 is 16.9 Å². The summed E-state index contributed by atoms with van der Waals surface area (Å²) >= 11 is 0. The molecule has 2 aromatic rings. The number of alkyl halides is 3. The molecule has 0 bridgehead atoms. The topological polar surface area (TPSA) is 55.1 Å². The minimum atomic E-state index is -4.60. The van der Waals surface area contributed by atoms with Gasteiger partial charge in [-0.05, 0) is 18.2 Å². The molecule has 2 rings (SSSR count). The van der Waals surface area contributed by atoms with E-state index in [0.717, 1.165) is 24.4 Å². The van der Waals surface area contributed by atoms with Crippen LogP contribution in [0.1, 0.15) is 10.4 Å². The average Bonchev–Trinajstić information content (AvgIpc) is 2.58. The number of carboxylic acids is 1. The molecule has 4 nitrogen and oxygen atoms in total. The minimum Gasteiger partial charge on any atom is -0.478 e. The number of fused-ring (bicyclic) bond motifs is 1. The molecule has 0 atom stereocenters. The van der Waals surface area contributed by atoms with E-state index in [4.69, 9.17) is 5.11 Å². The molecule has 16 heavy (non-hydrogen) atoms. The number of carboxylic acid groups (broad SMARTS) is 1. The Hall–Kier alpha value is -2.05. The third-order valence-corrected chi connectivity index (χ3v) is 2.06. The quantitative estimate of drug-likeness (QED) is 0.817. The first kappa shape index (κ1) is 10.5. The number of nitrogens with zero attached hydrogens (tertiary/aromatic N) is 2. The van der Waals surface area contributed by atoms with Gasteiger partial charge in [0.15, 0.2) is 0 Å². The van der Waals surface area contributed by atoms with Gasteiger partial charge in [0, 0.05) is 5.39 Å². The standard InChI is InChI=1S/C9H5F3N2O2/c10-9(11,12)14-7-2-1-5(8(15)16)3-6(7)4-13-14/h1-4H,(H,15,16). The molecule has 1 N–H and O–H groups in total. The fourth-order valence-corrected chi connectivity index (χ4v) is 1.37. The van der Waals surface area contributed by atoms with Gasteiger partial charge in [0.1, 0.15) is 0 Å². The van der Waals surface area contributed by atoms with Gasteiger partial charge in [-0.3, -0.25) is 0 Å². The highest BCUT2D eigenvalue weighted by molar-refractivity contribution is 5.93. The molecule has 0 fully saturated rings. The predicted octanol–water partition coefficient (Wildman–Crippen LogP) is 2.21. The summed E-state index contributed by atoms with van der Waals surface area (Å²) in [7, 11) is 0. The average molecular weight is 230 g/mol. The highest BCUT2D eigenvalue weighted by atomic mass is 19.4. The summed E-state index contributed by atoms with van der Waals surface area (Å²) in [6.07, 6.45) is -3.62. The van der Waals surface area contributed by atoms with E-state index in [0.29, 0.717) is 0 Å². The third kappa shape index (κ3) is 1.60. The molecule has 1 aromatic heterocycles. The summed E-state index contributed by atoms with van der Waals surface area (Å²) in [5, 5.41) is 12.0. The molecular weight excluding hydrogens is 225 g/mol. The lowest BCUT2D eigenvalue weighted by molar-refractivity contribution is -0.209. The summed E-state index contributed by atoms with van der Waals surface area (Å²) in [6, 6.07) is 3.33. The smallest absolute Gasteiger partial charge is 0.478 e. The molecule has 1 heterocycles. The maximum atomic E-state index is 12.4. The lowest BCUT2D eigenvalue weighted by Crippen LogP contribution is -2.17. The fourth-order valence-electron chi connectivity index (χ4n) is 1.37. The van der Waals surface area contributed by atoms with Crippen molar-refractivity contribution in [1.29, 1.82) is 0 Å². The van der Waals surface area contributed by atoms with Gasteiger partial charge in [-0.25, -0.2) is 4.79 Å². The first-order chi connectivity index (χ1) is 7.39. The minimum absolute atomic E-state index is 0.0748. The molecule has 0 amide bonds. The Morgan fingerprint density at radius 1 is 1.38 bits per heavy atom. The maximum Gasteiger partial charge on any atom is 0.505 e. The van der Waals surface area contributed by atoms with Crippen LogP contribution in [0.3, 0.4) is 0 Å². The van der Waals surface area contributed by atoms with Crippen molar-refractivity contribution in [2.24, 2.45) is 0 Å². The molecule has 0 aliphatic rings. The largest absolute Gasteiger partial charge is 0.505 e. The molecule has 0 saturated carbocycles. The van der Waals surface area contributed by atoms with Gasteiger partial charge in [-0.2, -0.15) is 9.78 Å². The highest BCUT2D eigenvalue weighted by Crippen LogP contribution is 2.27. The zero-order valence-electron chi connectivity index (χ0n) is 7.69. The number of hydrogen-bond donors (Lipinski definition) is 1. The normalized spacial score (nSPS) is 11.9. The predicted molar refractivity (Wildman–Crippen MR) is 48.0 cm³/mol. The van der Waals surface area contributed by atoms with Crippen molar-refractivity contribution in [3.05, 3.63) is 30.0 Å². The van der Waals surface area contributed by atoms with E-state index in [1.165, 1.54) is 0 Å². The van der Waals surface area contributed by atoms with Gasteiger partial charge in [0.05, 0.1) is 17.3 Å². The molecule has 0 radical (unpaired) electrons. The van der Waals surface area contributed by atoms with E-state index in [2.05, 4.69) is 5.10 Å². The van der Waals surface area contributed by atoms with Crippen LogP contribution >= 0.6 is 0 Å². The van der Waals surface area contributed by atoms with Crippen LogP contribution in [0.2, 0.25) is 0 Å². The molecule has 1 aromatic carbocycles. The van der Waals surface area contributed by atoms with Crippen LogP contribution in [0.4, 0.5) is 13.2 Å². The van der Waals surface area contributed by atoms with E-state index < -0.39 is 12.3 Å². The van der Waals surface area contributed by atoms with Crippen LogP contribution in [-0.2, 0) is 6.30 Å². The van der Waals surface area contributed by atoms with Crippen LogP contribution in [0.25, 0.3) is 10.9 Å². The van der Waals surface area contributed by atoms with Gasteiger partial charge < -0.3 is 5.11 Å². The third-order valence-electron chi connectivity index (χ3n) is 2.06. The van der Waals surface area contributed by atoms with Crippen molar-refractivity contribution in [2.45, 2.75) is 6.30 Å². The molecule has 0 spiro atoms. The molecule has 7 heteroatoms. The lowest BCUT2D eigenvalue weighted by Gasteiger charge is -2.06. The number of benzene rings is 1. The Morgan fingerprint density at radius 3 is 2.62 bits per heavy atom. The summed E-state index contributed by atoms with van der Waals surface area (Å²) in [5.74, 6) is -1.19. The zero-order chi connectivity index (χ0) is 11.9. The van der Waals surface area contributed by atoms with E-state index >= 15 is 0 Å². The molecule has 0 saturated heterocycles. The highest BCUT2D eigenvalue weighted by Gasteiger charge is 2.33. The molecule has 0 aliphatic carbocycles. The van der Waals surface area contributed by atoms with Gasteiger partial charge in [0.25, 0.3) is 0 Å². The van der Waals surface area contributed by atoms with Gasteiger partial charge in [-0.15, -0.1) is 13.2 Å². The zero-order valence-corrected chi connectivity index (χ0v) is 7.69.